The minimum atomic E-state index is -0.0967. The molecule has 1 aliphatic heterocycles. The van der Waals surface area contributed by atoms with Crippen LogP contribution in [-0.2, 0) is 4.74 Å². The van der Waals surface area contributed by atoms with Crippen LogP contribution in [0.4, 0.5) is 0 Å². The van der Waals surface area contributed by atoms with Crippen molar-refractivity contribution in [3.63, 3.8) is 0 Å². The van der Waals surface area contributed by atoms with Crippen molar-refractivity contribution in [1.82, 2.24) is 10.2 Å². The van der Waals surface area contributed by atoms with Crippen molar-refractivity contribution in [3.05, 3.63) is 0 Å². The predicted octanol–water partition coefficient (Wildman–Crippen LogP) is 0.210. The van der Waals surface area contributed by atoms with Gasteiger partial charge >= 0.3 is 0 Å². The van der Waals surface area contributed by atoms with E-state index >= 15 is 0 Å². The number of nitrogens with one attached hydrogen (secondary N) is 1. The molecule has 94 valence electrons. The Kier molecular flexibility index (Phi) is 3.85. The smallest absolute Gasteiger partial charge is 0.0626 e. The number of likely N-dealkylation sites (tertiary alicyclic amines) is 1. The van der Waals surface area contributed by atoms with Crippen LogP contribution in [0.5, 0.6) is 0 Å². The van der Waals surface area contributed by atoms with Crippen molar-refractivity contribution in [2.24, 2.45) is 0 Å². The van der Waals surface area contributed by atoms with Crippen LogP contribution in [0.2, 0.25) is 0 Å². The van der Waals surface area contributed by atoms with Crippen molar-refractivity contribution in [3.8, 4) is 0 Å². The average molecular weight is 228 g/mol. The van der Waals surface area contributed by atoms with Crippen LogP contribution in [0, 0.1) is 0 Å². The first-order valence-corrected chi connectivity index (χ1v) is 6.31. The highest BCUT2D eigenvalue weighted by Gasteiger charge is 2.46. The van der Waals surface area contributed by atoms with Gasteiger partial charge in [0, 0.05) is 32.3 Å². The van der Waals surface area contributed by atoms with E-state index in [0.717, 1.165) is 25.6 Å². The maximum Gasteiger partial charge on any atom is 0.0626 e. The Balaban J connectivity index is 1.89. The van der Waals surface area contributed by atoms with Gasteiger partial charge in [0.15, 0.2) is 0 Å². The number of hydrogen-bond donors (Lipinski definition) is 2. The SMILES string of the molecule is COCCNC1(CO)CC(C)N(C2CC2)C1. The normalized spacial score (nSPS) is 35.8. The van der Waals surface area contributed by atoms with E-state index in [-0.39, 0.29) is 12.1 Å². The zero-order chi connectivity index (χ0) is 11.6. The molecule has 1 heterocycles. The van der Waals surface area contributed by atoms with Gasteiger partial charge in [-0.15, -0.1) is 0 Å². The second-order valence-corrected chi connectivity index (χ2v) is 5.31. The van der Waals surface area contributed by atoms with Crippen LogP contribution < -0.4 is 5.32 Å². The number of methoxy groups -OCH3 is 1. The van der Waals surface area contributed by atoms with Crippen LogP contribution in [-0.4, -0.2) is 61.0 Å². The number of nitrogens with zero attached hydrogens (tertiary/aromatic N) is 1. The molecule has 0 spiro atoms. The van der Waals surface area contributed by atoms with Crippen LogP contribution in [0.1, 0.15) is 26.2 Å². The van der Waals surface area contributed by atoms with E-state index < -0.39 is 0 Å². The summed E-state index contributed by atoms with van der Waals surface area (Å²) in [5.41, 5.74) is -0.0967. The van der Waals surface area contributed by atoms with Gasteiger partial charge in [0.05, 0.1) is 18.8 Å². The van der Waals surface area contributed by atoms with Crippen molar-refractivity contribution in [2.45, 2.75) is 43.8 Å². The second kappa shape index (κ2) is 5.00. The van der Waals surface area contributed by atoms with Gasteiger partial charge in [-0.25, -0.2) is 0 Å². The highest BCUT2D eigenvalue weighted by Crippen LogP contribution is 2.36. The molecule has 2 unspecified atom stereocenters. The molecule has 0 aromatic heterocycles. The first-order valence-electron chi connectivity index (χ1n) is 6.31. The van der Waals surface area contributed by atoms with Gasteiger partial charge in [-0.3, -0.25) is 4.90 Å². The van der Waals surface area contributed by atoms with Crippen LogP contribution >= 0.6 is 0 Å². The number of ether oxygens (including phenoxy) is 1. The van der Waals surface area contributed by atoms with Crippen LogP contribution in [0.3, 0.4) is 0 Å². The molecule has 4 heteroatoms. The topological polar surface area (TPSA) is 44.7 Å². The molecular formula is C12H24N2O2. The summed E-state index contributed by atoms with van der Waals surface area (Å²) in [7, 11) is 1.71. The van der Waals surface area contributed by atoms with E-state index in [4.69, 9.17) is 4.74 Å². The lowest BCUT2D eigenvalue weighted by Crippen LogP contribution is -2.51. The van der Waals surface area contributed by atoms with Gasteiger partial charge in [-0.05, 0) is 26.2 Å². The van der Waals surface area contributed by atoms with E-state index in [1.165, 1.54) is 12.8 Å². The summed E-state index contributed by atoms with van der Waals surface area (Å²) in [6, 6.07) is 1.38. The fraction of sp³-hybridized carbons (Fsp3) is 1.00. The summed E-state index contributed by atoms with van der Waals surface area (Å²) < 4.78 is 5.05. The fourth-order valence-electron chi connectivity index (χ4n) is 2.86. The van der Waals surface area contributed by atoms with Crippen LogP contribution in [0.25, 0.3) is 0 Å². The van der Waals surface area contributed by atoms with Crippen LogP contribution in [0.15, 0.2) is 0 Å². The third-order valence-corrected chi connectivity index (χ3v) is 3.86. The van der Waals surface area contributed by atoms with E-state index in [1.807, 2.05) is 0 Å². The highest BCUT2D eigenvalue weighted by atomic mass is 16.5. The number of hydrogen-bond acceptors (Lipinski definition) is 4. The minimum Gasteiger partial charge on any atom is -0.394 e. The first kappa shape index (κ1) is 12.3. The molecule has 1 saturated heterocycles. The molecule has 2 N–H and O–H groups in total. The summed E-state index contributed by atoms with van der Waals surface area (Å²) >= 11 is 0. The van der Waals surface area contributed by atoms with E-state index in [9.17, 15) is 5.11 Å². The predicted molar refractivity (Wildman–Crippen MR) is 63.5 cm³/mol. The zero-order valence-corrected chi connectivity index (χ0v) is 10.4. The molecule has 0 aromatic rings. The van der Waals surface area contributed by atoms with Gasteiger partial charge < -0.3 is 15.2 Å². The maximum atomic E-state index is 9.62. The van der Waals surface area contributed by atoms with Crippen molar-refractivity contribution in [1.29, 1.82) is 0 Å². The second-order valence-electron chi connectivity index (χ2n) is 5.31. The average Bonchev–Trinajstić information content (AvgIpc) is 3.05. The largest absolute Gasteiger partial charge is 0.394 e. The Bertz CT molecular complexity index is 233. The molecule has 2 rings (SSSR count). The molecule has 16 heavy (non-hydrogen) atoms. The minimum absolute atomic E-state index is 0.0967. The Morgan fingerprint density at radius 3 is 2.81 bits per heavy atom. The summed E-state index contributed by atoms with van der Waals surface area (Å²) in [5.74, 6) is 0. The fourth-order valence-corrected chi connectivity index (χ4v) is 2.86. The monoisotopic (exact) mass is 228 g/mol. The summed E-state index contributed by atoms with van der Waals surface area (Å²) in [6.07, 6.45) is 3.72. The third-order valence-electron chi connectivity index (χ3n) is 3.86. The van der Waals surface area contributed by atoms with Crippen molar-refractivity contribution < 1.29 is 9.84 Å². The maximum absolute atomic E-state index is 9.62. The van der Waals surface area contributed by atoms with Gasteiger partial charge in [0.1, 0.15) is 0 Å². The van der Waals surface area contributed by atoms with Gasteiger partial charge in [0.25, 0.3) is 0 Å². The van der Waals surface area contributed by atoms with Crippen molar-refractivity contribution in [2.75, 3.05) is 33.4 Å². The van der Waals surface area contributed by atoms with Gasteiger partial charge in [0.2, 0.25) is 0 Å². The van der Waals surface area contributed by atoms with E-state index in [1.54, 1.807) is 7.11 Å². The number of rotatable bonds is 6. The molecule has 2 aliphatic rings. The Morgan fingerprint density at radius 2 is 2.25 bits per heavy atom. The zero-order valence-electron chi connectivity index (χ0n) is 10.4. The van der Waals surface area contributed by atoms with Gasteiger partial charge in [-0.2, -0.15) is 0 Å². The summed E-state index contributed by atoms with van der Waals surface area (Å²) in [5, 5.41) is 13.1. The first-order chi connectivity index (χ1) is 7.71. The summed E-state index contributed by atoms with van der Waals surface area (Å²) in [6.45, 7) is 5.01. The highest BCUT2D eigenvalue weighted by molar-refractivity contribution is 5.04. The lowest BCUT2D eigenvalue weighted by molar-refractivity contribution is 0.138. The summed E-state index contributed by atoms with van der Waals surface area (Å²) in [4.78, 5) is 2.55. The molecule has 1 saturated carbocycles. The molecule has 0 aromatic carbocycles. The third kappa shape index (κ3) is 2.56. The molecule has 2 atom stereocenters. The molecular weight excluding hydrogens is 204 g/mol. The Morgan fingerprint density at radius 1 is 1.50 bits per heavy atom. The number of aliphatic hydroxyl groups is 1. The molecule has 2 fully saturated rings. The molecule has 1 aliphatic carbocycles. The lowest BCUT2D eigenvalue weighted by Gasteiger charge is -2.28. The van der Waals surface area contributed by atoms with Crippen molar-refractivity contribution >= 4 is 0 Å². The lowest BCUT2D eigenvalue weighted by atomic mass is 9.97. The quantitative estimate of drug-likeness (QED) is 0.638. The van der Waals surface area contributed by atoms with E-state index in [0.29, 0.717) is 12.6 Å². The standard InChI is InChI=1S/C12H24N2O2/c1-10-7-12(9-15,13-5-6-16-2)8-14(10)11-3-4-11/h10-11,13,15H,3-9H2,1-2H3. The Hall–Kier alpha value is -0.160. The molecule has 4 nitrogen and oxygen atoms in total. The Labute approximate surface area is 98.0 Å². The molecule has 0 radical (unpaired) electrons. The molecule has 0 amide bonds. The van der Waals surface area contributed by atoms with Gasteiger partial charge in [-0.1, -0.05) is 0 Å². The number of aliphatic hydroxyl groups excluding tert-OH is 1. The molecule has 0 bridgehead atoms. The van der Waals surface area contributed by atoms with E-state index in [2.05, 4.69) is 17.1 Å².